The number of amides is 1. The molecule has 2 heterocycles. The van der Waals surface area contributed by atoms with Gasteiger partial charge in [-0.25, -0.2) is 4.98 Å². The lowest BCUT2D eigenvalue weighted by Crippen LogP contribution is -2.52. The topological polar surface area (TPSA) is 80.5 Å². The van der Waals surface area contributed by atoms with Gasteiger partial charge in [0.25, 0.3) is 5.91 Å². The third kappa shape index (κ3) is 2.32. The lowest BCUT2D eigenvalue weighted by molar-refractivity contribution is -0.142. The van der Waals surface area contributed by atoms with Crippen molar-refractivity contribution in [2.24, 2.45) is 0 Å². The molecule has 0 unspecified atom stereocenters. The summed E-state index contributed by atoms with van der Waals surface area (Å²) < 4.78 is 0. The van der Waals surface area contributed by atoms with E-state index in [2.05, 4.69) is 16.0 Å². The van der Waals surface area contributed by atoms with Gasteiger partial charge in [-0.3, -0.25) is 4.79 Å². The van der Waals surface area contributed by atoms with Crippen molar-refractivity contribution in [2.75, 3.05) is 31.1 Å². The van der Waals surface area contributed by atoms with Gasteiger partial charge in [0.15, 0.2) is 0 Å². The fourth-order valence-corrected chi connectivity index (χ4v) is 2.43. The number of hydrogen-bond donors (Lipinski definition) is 1. The van der Waals surface area contributed by atoms with E-state index in [1.165, 1.54) is 0 Å². The van der Waals surface area contributed by atoms with Gasteiger partial charge in [0, 0.05) is 32.4 Å². The molecule has 0 radical (unpaired) electrons. The summed E-state index contributed by atoms with van der Waals surface area (Å²) in [7, 11) is 0. The fourth-order valence-electron chi connectivity index (χ4n) is 2.43. The predicted octanol–water partition coefficient (Wildman–Crippen LogP) is 0.127. The van der Waals surface area contributed by atoms with Gasteiger partial charge >= 0.3 is 0 Å². The molecule has 2 fully saturated rings. The molecule has 1 aliphatic heterocycles. The normalized spacial score (nSPS) is 20.4. The van der Waals surface area contributed by atoms with Crippen LogP contribution in [-0.4, -0.2) is 52.7 Å². The number of aliphatic hydroxyl groups is 1. The van der Waals surface area contributed by atoms with Crippen LogP contribution < -0.4 is 4.90 Å². The van der Waals surface area contributed by atoms with E-state index >= 15 is 0 Å². The molecule has 3 rings (SSSR count). The number of hydrogen-bond acceptors (Lipinski definition) is 5. The van der Waals surface area contributed by atoms with Gasteiger partial charge in [-0.15, -0.1) is 0 Å². The van der Waals surface area contributed by atoms with Crippen LogP contribution in [0, 0.1) is 11.3 Å². The molecular weight excluding hydrogens is 256 g/mol. The summed E-state index contributed by atoms with van der Waals surface area (Å²) in [6, 6.07) is 5.53. The van der Waals surface area contributed by atoms with Crippen molar-refractivity contribution in [3.8, 4) is 6.07 Å². The van der Waals surface area contributed by atoms with E-state index < -0.39 is 5.60 Å². The molecule has 20 heavy (non-hydrogen) atoms. The lowest BCUT2D eigenvalue weighted by Gasteiger charge is -2.36. The monoisotopic (exact) mass is 272 g/mol. The summed E-state index contributed by atoms with van der Waals surface area (Å²) >= 11 is 0. The van der Waals surface area contributed by atoms with E-state index in [9.17, 15) is 9.90 Å². The minimum atomic E-state index is -1.08. The van der Waals surface area contributed by atoms with Gasteiger partial charge in [0.2, 0.25) is 0 Å². The highest BCUT2D eigenvalue weighted by atomic mass is 16.3. The fraction of sp³-hybridized carbons (Fsp3) is 0.500. The van der Waals surface area contributed by atoms with Gasteiger partial charge in [-0.05, 0) is 25.0 Å². The van der Waals surface area contributed by atoms with Crippen molar-refractivity contribution in [1.29, 1.82) is 5.26 Å². The predicted molar refractivity (Wildman–Crippen MR) is 71.9 cm³/mol. The van der Waals surface area contributed by atoms with Crippen LogP contribution in [0.25, 0.3) is 0 Å². The maximum atomic E-state index is 12.0. The lowest BCUT2D eigenvalue weighted by atomic mass is 10.2. The smallest absolute Gasteiger partial charge is 0.254 e. The number of nitriles is 1. The Morgan fingerprint density at radius 3 is 2.65 bits per heavy atom. The molecule has 0 atom stereocenters. The summed E-state index contributed by atoms with van der Waals surface area (Å²) in [6.07, 6.45) is 2.79. The molecule has 1 amide bonds. The number of carbonyl (C=O) groups is 1. The van der Waals surface area contributed by atoms with Gasteiger partial charge in [-0.1, -0.05) is 0 Å². The first-order valence-electron chi connectivity index (χ1n) is 6.75. The Hall–Kier alpha value is -2.13. The first-order chi connectivity index (χ1) is 9.62. The van der Waals surface area contributed by atoms with E-state index in [0.717, 1.165) is 5.82 Å². The average Bonchev–Trinajstić information content (AvgIpc) is 3.26. The Balaban J connectivity index is 1.63. The van der Waals surface area contributed by atoms with Gasteiger partial charge in [0.05, 0.1) is 11.6 Å². The zero-order valence-electron chi connectivity index (χ0n) is 11.1. The third-order valence-corrected chi connectivity index (χ3v) is 3.89. The second-order valence-electron chi connectivity index (χ2n) is 5.33. The van der Waals surface area contributed by atoms with Crippen molar-refractivity contribution in [1.82, 2.24) is 9.88 Å². The first kappa shape index (κ1) is 12.9. The van der Waals surface area contributed by atoms with E-state index in [0.29, 0.717) is 44.6 Å². The van der Waals surface area contributed by atoms with Crippen LogP contribution in [0.4, 0.5) is 5.82 Å². The summed E-state index contributed by atoms with van der Waals surface area (Å²) in [5.41, 5.74) is -0.498. The number of anilines is 1. The summed E-state index contributed by atoms with van der Waals surface area (Å²) in [5.74, 6) is 0.622. The molecule has 1 aliphatic carbocycles. The number of aromatic nitrogens is 1. The number of pyridine rings is 1. The Kier molecular flexibility index (Phi) is 3.07. The SMILES string of the molecule is N#Cc1ccnc(N2CCN(C(=O)C3(O)CC3)CC2)c1. The van der Waals surface area contributed by atoms with Crippen LogP contribution in [-0.2, 0) is 4.79 Å². The van der Waals surface area contributed by atoms with Crippen LogP contribution in [0.15, 0.2) is 18.3 Å². The summed E-state index contributed by atoms with van der Waals surface area (Å²) in [5, 5.41) is 18.7. The van der Waals surface area contributed by atoms with Crippen LogP contribution in [0.3, 0.4) is 0 Å². The number of nitrogens with zero attached hydrogens (tertiary/aromatic N) is 4. The largest absolute Gasteiger partial charge is 0.380 e. The van der Waals surface area contributed by atoms with Crippen LogP contribution >= 0.6 is 0 Å². The highest BCUT2D eigenvalue weighted by molar-refractivity contribution is 5.88. The van der Waals surface area contributed by atoms with Crippen molar-refractivity contribution in [3.05, 3.63) is 23.9 Å². The third-order valence-electron chi connectivity index (χ3n) is 3.89. The Bertz CT molecular complexity index is 569. The molecule has 6 nitrogen and oxygen atoms in total. The molecular formula is C14H16N4O2. The highest BCUT2D eigenvalue weighted by Crippen LogP contribution is 2.37. The molecule has 104 valence electrons. The first-order valence-corrected chi connectivity index (χ1v) is 6.75. The van der Waals surface area contributed by atoms with Crippen LogP contribution in [0.5, 0.6) is 0 Å². The second kappa shape index (κ2) is 4.76. The number of carbonyl (C=O) groups excluding carboxylic acids is 1. The van der Waals surface area contributed by atoms with Crippen LogP contribution in [0.1, 0.15) is 18.4 Å². The summed E-state index contributed by atoms with van der Waals surface area (Å²) in [6.45, 7) is 2.51. The number of rotatable bonds is 2. The van der Waals surface area contributed by atoms with Crippen molar-refractivity contribution >= 4 is 11.7 Å². The zero-order valence-corrected chi connectivity index (χ0v) is 11.1. The Labute approximate surface area is 117 Å². The molecule has 1 aromatic heterocycles. The molecule has 1 saturated carbocycles. The Morgan fingerprint density at radius 2 is 2.05 bits per heavy atom. The minimum Gasteiger partial charge on any atom is -0.380 e. The van der Waals surface area contributed by atoms with Crippen molar-refractivity contribution in [2.45, 2.75) is 18.4 Å². The van der Waals surface area contributed by atoms with Gasteiger partial charge < -0.3 is 14.9 Å². The molecule has 6 heteroatoms. The maximum Gasteiger partial charge on any atom is 0.254 e. The Morgan fingerprint density at radius 1 is 1.35 bits per heavy atom. The molecule has 1 aromatic rings. The summed E-state index contributed by atoms with van der Waals surface area (Å²) in [4.78, 5) is 20.1. The number of piperazine rings is 1. The molecule has 0 aromatic carbocycles. The van der Waals surface area contributed by atoms with E-state index in [1.807, 2.05) is 0 Å². The van der Waals surface area contributed by atoms with E-state index in [-0.39, 0.29) is 5.91 Å². The standard InChI is InChI=1S/C14H16N4O2/c15-10-11-1-4-16-12(9-11)17-5-7-18(8-6-17)13(19)14(20)2-3-14/h1,4,9,20H,2-3,5-8H2. The van der Waals surface area contributed by atoms with Crippen molar-refractivity contribution < 1.29 is 9.90 Å². The quantitative estimate of drug-likeness (QED) is 0.827. The molecule has 0 spiro atoms. The molecule has 1 saturated heterocycles. The highest BCUT2D eigenvalue weighted by Gasteiger charge is 2.50. The van der Waals surface area contributed by atoms with E-state index in [1.54, 1.807) is 23.2 Å². The minimum absolute atomic E-state index is 0.143. The zero-order chi connectivity index (χ0) is 14.2. The molecule has 1 N–H and O–H groups in total. The van der Waals surface area contributed by atoms with Gasteiger partial charge in [-0.2, -0.15) is 5.26 Å². The van der Waals surface area contributed by atoms with Crippen molar-refractivity contribution in [3.63, 3.8) is 0 Å². The maximum absolute atomic E-state index is 12.0. The van der Waals surface area contributed by atoms with Crippen LogP contribution in [0.2, 0.25) is 0 Å². The second-order valence-corrected chi connectivity index (χ2v) is 5.33. The van der Waals surface area contributed by atoms with Gasteiger partial charge in [0.1, 0.15) is 11.4 Å². The average molecular weight is 272 g/mol. The molecule has 0 bridgehead atoms. The molecule has 2 aliphatic rings. The van der Waals surface area contributed by atoms with E-state index in [4.69, 9.17) is 5.26 Å².